The third-order valence-electron chi connectivity index (χ3n) is 2.87. The van der Waals surface area contributed by atoms with Gasteiger partial charge >= 0.3 is 0 Å². The van der Waals surface area contributed by atoms with Crippen LogP contribution in [0.3, 0.4) is 0 Å². The van der Waals surface area contributed by atoms with Gasteiger partial charge in [-0.05, 0) is 48.4 Å². The summed E-state index contributed by atoms with van der Waals surface area (Å²) in [6.07, 6.45) is 0. The van der Waals surface area contributed by atoms with Crippen molar-refractivity contribution in [1.29, 1.82) is 0 Å². The van der Waals surface area contributed by atoms with Crippen LogP contribution in [0.5, 0.6) is 0 Å². The SMILES string of the molecule is Cc1cc(F)ccc1S(=O)(=O)NCc1ccc(N)cc1. The molecule has 0 fully saturated rings. The monoisotopic (exact) mass is 294 g/mol. The number of hydrogen-bond donors (Lipinski definition) is 2. The third-order valence-corrected chi connectivity index (χ3v) is 4.43. The molecule has 0 spiro atoms. The maximum atomic E-state index is 13.0. The number of nitrogens with one attached hydrogen (secondary N) is 1. The van der Waals surface area contributed by atoms with Crippen molar-refractivity contribution < 1.29 is 12.8 Å². The molecule has 3 N–H and O–H groups in total. The van der Waals surface area contributed by atoms with Gasteiger partial charge < -0.3 is 5.73 Å². The number of rotatable bonds is 4. The lowest BCUT2D eigenvalue weighted by atomic mass is 10.2. The summed E-state index contributed by atoms with van der Waals surface area (Å²) in [5.41, 5.74) is 7.34. The summed E-state index contributed by atoms with van der Waals surface area (Å²) in [7, 11) is -3.66. The number of anilines is 1. The molecule has 2 aromatic carbocycles. The molecule has 2 aromatic rings. The number of aryl methyl sites for hydroxylation is 1. The normalized spacial score (nSPS) is 11.5. The quantitative estimate of drug-likeness (QED) is 0.849. The molecule has 106 valence electrons. The van der Waals surface area contributed by atoms with Crippen molar-refractivity contribution in [3.8, 4) is 0 Å². The Bertz CT molecular complexity index is 712. The Morgan fingerprint density at radius 1 is 1.15 bits per heavy atom. The molecule has 0 saturated heterocycles. The van der Waals surface area contributed by atoms with E-state index < -0.39 is 15.8 Å². The van der Waals surface area contributed by atoms with E-state index in [0.717, 1.165) is 11.6 Å². The van der Waals surface area contributed by atoms with Gasteiger partial charge in [0.15, 0.2) is 0 Å². The van der Waals surface area contributed by atoms with Gasteiger partial charge in [-0.25, -0.2) is 17.5 Å². The van der Waals surface area contributed by atoms with E-state index in [2.05, 4.69) is 4.72 Å². The molecular formula is C14H15FN2O2S. The van der Waals surface area contributed by atoms with Gasteiger partial charge in [0.2, 0.25) is 10.0 Å². The predicted molar refractivity (Wildman–Crippen MR) is 76.0 cm³/mol. The second-order valence-electron chi connectivity index (χ2n) is 4.48. The molecule has 0 aromatic heterocycles. The molecule has 4 nitrogen and oxygen atoms in total. The number of halogens is 1. The largest absolute Gasteiger partial charge is 0.399 e. The van der Waals surface area contributed by atoms with E-state index in [-0.39, 0.29) is 11.4 Å². The van der Waals surface area contributed by atoms with Gasteiger partial charge in [0, 0.05) is 12.2 Å². The van der Waals surface area contributed by atoms with Crippen molar-refractivity contribution >= 4 is 15.7 Å². The molecule has 0 atom stereocenters. The summed E-state index contributed by atoms with van der Waals surface area (Å²) < 4.78 is 39.8. The van der Waals surface area contributed by atoms with Gasteiger partial charge in [0.25, 0.3) is 0 Å². The first-order valence-electron chi connectivity index (χ1n) is 5.99. The van der Waals surface area contributed by atoms with E-state index in [0.29, 0.717) is 11.3 Å². The standard InChI is InChI=1S/C14H15FN2O2S/c1-10-8-12(15)4-7-14(10)20(18,19)17-9-11-2-5-13(16)6-3-11/h2-8,17H,9,16H2,1H3. The van der Waals surface area contributed by atoms with Crippen LogP contribution < -0.4 is 10.5 Å². The average molecular weight is 294 g/mol. The Hall–Kier alpha value is -1.92. The highest BCUT2D eigenvalue weighted by Gasteiger charge is 2.16. The van der Waals surface area contributed by atoms with Gasteiger partial charge in [-0.2, -0.15) is 0 Å². The first kappa shape index (κ1) is 14.5. The van der Waals surface area contributed by atoms with Gasteiger partial charge in [-0.15, -0.1) is 0 Å². The lowest BCUT2D eigenvalue weighted by Crippen LogP contribution is -2.24. The smallest absolute Gasteiger partial charge is 0.241 e. The lowest BCUT2D eigenvalue weighted by molar-refractivity contribution is 0.579. The maximum Gasteiger partial charge on any atom is 0.241 e. The Kier molecular flexibility index (Phi) is 4.06. The molecule has 0 aliphatic carbocycles. The van der Waals surface area contributed by atoms with Crippen molar-refractivity contribution in [2.24, 2.45) is 0 Å². The molecule has 0 radical (unpaired) electrons. The second kappa shape index (κ2) is 5.60. The fourth-order valence-corrected chi connectivity index (χ4v) is 3.05. The van der Waals surface area contributed by atoms with Crippen LogP contribution in [0.1, 0.15) is 11.1 Å². The zero-order chi connectivity index (χ0) is 14.8. The minimum absolute atomic E-state index is 0.0781. The summed E-state index contributed by atoms with van der Waals surface area (Å²) in [6.45, 7) is 1.71. The highest BCUT2D eigenvalue weighted by atomic mass is 32.2. The number of nitrogen functional groups attached to an aromatic ring is 1. The summed E-state index contributed by atoms with van der Waals surface area (Å²) >= 11 is 0. The van der Waals surface area contributed by atoms with Crippen LogP contribution in [0.4, 0.5) is 10.1 Å². The van der Waals surface area contributed by atoms with Crippen LogP contribution in [0.25, 0.3) is 0 Å². The zero-order valence-corrected chi connectivity index (χ0v) is 11.7. The van der Waals surface area contributed by atoms with Crippen LogP contribution in [-0.4, -0.2) is 8.42 Å². The van der Waals surface area contributed by atoms with E-state index in [9.17, 15) is 12.8 Å². The summed E-state index contributed by atoms with van der Waals surface area (Å²) in [5, 5.41) is 0. The van der Waals surface area contributed by atoms with Crippen LogP contribution in [0, 0.1) is 12.7 Å². The van der Waals surface area contributed by atoms with Gasteiger partial charge in [-0.3, -0.25) is 0 Å². The first-order chi connectivity index (χ1) is 9.38. The van der Waals surface area contributed by atoms with Gasteiger partial charge in [-0.1, -0.05) is 12.1 Å². The summed E-state index contributed by atoms with van der Waals surface area (Å²) in [6, 6.07) is 10.5. The van der Waals surface area contributed by atoms with Gasteiger partial charge in [0.05, 0.1) is 4.90 Å². The predicted octanol–water partition coefficient (Wildman–Crippen LogP) is 2.19. The van der Waals surface area contributed by atoms with Crippen LogP contribution in [-0.2, 0) is 16.6 Å². The fourth-order valence-electron chi connectivity index (χ4n) is 1.81. The van der Waals surface area contributed by atoms with Crippen LogP contribution >= 0.6 is 0 Å². The molecule has 0 amide bonds. The Morgan fingerprint density at radius 3 is 2.40 bits per heavy atom. The highest BCUT2D eigenvalue weighted by Crippen LogP contribution is 2.16. The number of sulfonamides is 1. The van der Waals surface area contributed by atoms with E-state index >= 15 is 0 Å². The second-order valence-corrected chi connectivity index (χ2v) is 6.21. The minimum atomic E-state index is -3.66. The van der Waals surface area contributed by atoms with Crippen molar-refractivity contribution in [1.82, 2.24) is 4.72 Å². The van der Waals surface area contributed by atoms with E-state index in [1.807, 2.05) is 0 Å². The number of hydrogen-bond acceptors (Lipinski definition) is 3. The molecule has 0 saturated carbocycles. The van der Waals surface area contributed by atoms with Crippen LogP contribution in [0.2, 0.25) is 0 Å². The van der Waals surface area contributed by atoms with Crippen LogP contribution in [0.15, 0.2) is 47.4 Å². The molecular weight excluding hydrogens is 279 g/mol. The third kappa shape index (κ3) is 3.34. The molecule has 0 unspecified atom stereocenters. The summed E-state index contributed by atoms with van der Waals surface area (Å²) in [5.74, 6) is -0.458. The van der Waals surface area contributed by atoms with E-state index in [4.69, 9.17) is 5.73 Å². The molecule has 0 bridgehead atoms. The zero-order valence-electron chi connectivity index (χ0n) is 10.9. The van der Waals surface area contributed by atoms with E-state index in [1.54, 1.807) is 31.2 Å². The van der Waals surface area contributed by atoms with Crippen molar-refractivity contribution in [3.05, 3.63) is 59.4 Å². The summed E-state index contributed by atoms with van der Waals surface area (Å²) in [4.78, 5) is 0.0781. The van der Waals surface area contributed by atoms with E-state index in [1.165, 1.54) is 12.1 Å². The van der Waals surface area contributed by atoms with Crippen molar-refractivity contribution in [3.63, 3.8) is 0 Å². The molecule has 0 aliphatic rings. The Balaban J connectivity index is 2.17. The molecule has 20 heavy (non-hydrogen) atoms. The van der Waals surface area contributed by atoms with Crippen molar-refractivity contribution in [2.75, 3.05) is 5.73 Å². The molecule has 2 rings (SSSR count). The fraction of sp³-hybridized carbons (Fsp3) is 0.143. The Labute approximate surface area is 117 Å². The van der Waals surface area contributed by atoms with Crippen molar-refractivity contribution in [2.45, 2.75) is 18.4 Å². The Morgan fingerprint density at radius 2 is 1.80 bits per heavy atom. The number of nitrogens with two attached hydrogens (primary N) is 1. The first-order valence-corrected chi connectivity index (χ1v) is 7.47. The topological polar surface area (TPSA) is 72.2 Å². The molecule has 6 heteroatoms. The maximum absolute atomic E-state index is 13.0. The molecule has 0 aliphatic heterocycles. The average Bonchev–Trinajstić information content (AvgIpc) is 2.37. The lowest BCUT2D eigenvalue weighted by Gasteiger charge is -2.09. The molecule has 0 heterocycles. The minimum Gasteiger partial charge on any atom is -0.399 e. The number of benzene rings is 2. The van der Waals surface area contributed by atoms with Gasteiger partial charge in [0.1, 0.15) is 5.82 Å². The highest BCUT2D eigenvalue weighted by molar-refractivity contribution is 7.89.